The van der Waals surface area contributed by atoms with E-state index in [9.17, 15) is 9.59 Å². The first-order valence-electron chi connectivity index (χ1n) is 6.47. The van der Waals surface area contributed by atoms with E-state index in [1.165, 1.54) is 0 Å². The molecule has 2 aromatic carbocycles. The molecule has 1 heterocycles. The zero-order valence-electron chi connectivity index (χ0n) is 11.4. The molecule has 0 radical (unpaired) electrons. The number of hydrogen-bond donors (Lipinski definition) is 1. The highest BCUT2D eigenvalue weighted by molar-refractivity contribution is 9.10. The number of halogens is 1. The minimum absolute atomic E-state index is 0.0414. The van der Waals surface area contributed by atoms with Crippen LogP contribution in [0.2, 0.25) is 0 Å². The van der Waals surface area contributed by atoms with Crippen LogP contribution in [0.5, 0.6) is 0 Å². The van der Waals surface area contributed by atoms with E-state index in [-0.39, 0.29) is 11.7 Å². The third-order valence-electron chi connectivity index (χ3n) is 3.69. The Morgan fingerprint density at radius 3 is 2.81 bits per heavy atom. The molecule has 0 saturated carbocycles. The van der Waals surface area contributed by atoms with Gasteiger partial charge >= 0.3 is 0 Å². The molecule has 0 aromatic heterocycles. The monoisotopic (exact) mass is 344 g/mol. The van der Waals surface area contributed by atoms with Gasteiger partial charge in [0.1, 0.15) is 0 Å². The van der Waals surface area contributed by atoms with Crippen molar-refractivity contribution in [3.05, 3.63) is 57.6 Å². The third-order valence-corrected chi connectivity index (χ3v) is 4.58. The fourth-order valence-electron chi connectivity index (χ4n) is 2.49. The van der Waals surface area contributed by atoms with Crippen molar-refractivity contribution in [3.63, 3.8) is 0 Å². The average Bonchev–Trinajstić information content (AvgIpc) is 2.76. The highest BCUT2D eigenvalue weighted by Gasteiger charge is 2.25. The molecule has 2 N–H and O–H groups in total. The van der Waals surface area contributed by atoms with Crippen LogP contribution in [0.4, 0.5) is 11.4 Å². The highest BCUT2D eigenvalue weighted by Crippen LogP contribution is 2.31. The fourth-order valence-corrected chi connectivity index (χ4v) is 2.94. The van der Waals surface area contributed by atoms with E-state index in [2.05, 4.69) is 15.9 Å². The standard InChI is InChI=1S/C16H13BrN2O2/c1-19-13-6-5-9(7-10(13)8-14(19)20)16(21)11-3-2-4-12(18)15(11)17/h2-7H,8,18H2,1H3. The van der Waals surface area contributed by atoms with E-state index in [1.54, 1.807) is 42.3 Å². The zero-order valence-corrected chi connectivity index (χ0v) is 13.0. The molecule has 2 aromatic rings. The summed E-state index contributed by atoms with van der Waals surface area (Å²) in [6, 6.07) is 10.6. The van der Waals surface area contributed by atoms with E-state index in [4.69, 9.17) is 5.73 Å². The molecule has 0 saturated heterocycles. The molecule has 4 nitrogen and oxygen atoms in total. The molecule has 1 amide bonds. The predicted molar refractivity (Wildman–Crippen MR) is 85.5 cm³/mol. The minimum Gasteiger partial charge on any atom is -0.398 e. The largest absolute Gasteiger partial charge is 0.398 e. The molecule has 0 atom stereocenters. The molecule has 106 valence electrons. The predicted octanol–water partition coefficient (Wildman–Crippen LogP) is 2.78. The molecular weight excluding hydrogens is 332 g/mol. The number of nitrogen functional groups attached to an aromatic ring is 1. The van der Waals surface area contributed by atoms with Crippen molar-refractivity contribution in [2.45, 2.75) is 6.42 Å². The number of anilines is 2. The van der Waals surface area contributed by atoms with Gasteiger partial charge in [-0.2, -0.15) is 0 Å². The first kappa shape index (κ1) is 13.8. The summed E-state index contributed by atoms with van der Waals surface area (Å²) in [7, 11) is 1.74. The normalized spacial score (nSPS) is 13.4. The molecular formula is C16H13BrN2O2. The molecule has 21 heavy (non-hydrogen) atoms. The third kappa shape index (κ3) is 2.23. The van der Waals surface area contributed by atoms with Gasteiger partial charge in [0.2, 0.25) is 5.91 Å². The van der Waals surface area contributed by atoms with Crippen LogP contribution in [0.1, 0.15) is 21.5 Å². The van der Waals surface area contributed by atoms with Crippen LogP contribution >= 0.6 is 15.9 Å². The maximum atomic E-state index is 12.6. The van der Waals surface area contributed by atoms with Crippen LogP contribution in [0.25, 0.3) is 0 Å². The van der Waals surface area contributed by atoms with Gasteiger partial charge in [0.25, 0.3) is 0 Å². The van der Waals surface area contributed by atoms with E-state index in [0.717, 1.165) is 11.3 Å². The van der Waals surface area contributed by atoms with Crippen LogP contribution in [0.15, 0.2) is 40.9 Å². The summed E-state index contributed by atoms with van der Waals surface area (Å²) < 4.78 is 0.601. The molecule has 0 fully saturated rings. The molecule has 0 spiro atoms. The molecule has 0 aliphatic carbocycles. The summed E-state index contributed by atoms with van der Waals surface area (Å²) in [5, 5.41) is 0. The van der Waals surface area contributed by atoms with Crippen molar-refractivity contribution in [3.8, 4) is 0 Å². The summed E-state index contributed by atoms with van der Waals surface area (Å²) in [5.41, 5.74) is 9.16. The topological polar surface area (TPSA) is 63.4 Å². The van der Waals surface area contributed by atoms with Gasteiger partial charge in [-0.1, -0.05) is 6.07 Å². The van der Waals surface area contributed by atoms with Crippen molar-refractivity contribution in [1.29, 1.82) is 0 Å². The lowest BCUT2D eigenvalue weighted by atomic mass is 10.00. The molecule has 0 bridgehead atoms. The van der Waals surface area contributed by atoms with Gasteiger partial charge in [-0.05, 0) is 51.8 Å². The lowest BCUT2D eigenvalue weighted by Crippen LogP contribution is -2.20. The smallest absolute Gasteiger partial charge is 0.231 e. The Bertz CT molecular complexity index is 771. The Morgan fingerprint density at radius 1 is 1.29 bits per heavy atom. The van der Waals surface area contributed by atoms with Gasteiger partial charge in [0.15, 0.2) is 5.78 Å². The minimum atomic E-state index is -0.112. The van der Waals surface area contributed by atoms with Crippen molar-refractivity contribution in [2.24, 2.45) is 0 Å². The van der Waals surface area contributed by atoms with Gasteiger partial charge in [0.05, 0.1) is 10.9 Å². The van der Waals surface area contributed by atoms with Gasteiger partial charge in [-0.15, -0.1) is 0 Å². The molecule has 3 rings (SSSR count). The second-order valence-corrected chi connectivity index (χ2v) is 5.80. The zero-order chi connectivity index (χ0) is 15.1. The molecule has 5 heteroatoms. The second kappa shape index (κ2) is 5.00. The van der Waals surface area contributed by atoms with Crippen molar-refractivity contribution < 1.29 is 9.59 Å². The number of fused-ring (bicyclic) bond motifs is 1. The number of carbonyl (C=O) groups is 2. The van der Waals surface area contributed by atoms with Crippen LogP contribution in [0.3, 0.4) is 0 Å². The number of rotatable bonds is 2. The number of carbonyl (C=O) groups excluding carboxylic acids is 2. The number of hydrogen-bond acceptors (Lipinski definition) is 3. The summed E-state index contributed by atoms with van der Waals surface area (Å²) >= 11 is 3.35. The number of likely N-dealkylation sites (N-methyl/N-ethyl adjacent to an activating group) is 1. The Labute approximate surface area is 130 Å². The quantitative estimate of drug-likeness (QED) is 0.672. The number of amides is 1. The van der Waals surface area contributed by atoms with Crippen LogP contribution in [0, 0.1) is 0 Å². The van der Waals surface area contributed by atoms with E-state index in [0.29, 0.717) is 27.7 Å². The highest BCUT2D eigenvalue weighted by atomic mass is 79.9. The SMILES string of the molecule is CN1C(=O)Cc2cc(C(=O)c3cccc(N)c3Br)ccc21. The number of ketones is 1. The van der Waals surface area contributed by atoms with Crippen LogP contribution in [-0.4, -0.2) is 18.7 Å². The Balaban J connectivity index is 2.02. The van der Waals surface area contributed by atoms with Crippen LogP contribution in [-0.2, 0) is 11.2 Å². The fraction of sp³-hybridized carbons (Fsp3) is 0.125. The van der Waals surface area contributed by atoms with Crippen molar-refractivity contribution >= 4 is 39.0 Å². The Hall–Kier alpha value is -2.14. The van der Waals surface area contributed by atoms with Crippen molar-refractivity contribution in [1.82, 2.24) is 0 Å². The summed E-state index contributed by atoms with van der Waals surface area (Å²) in [5.74, 6) is -0.0706. The first-order chi connectivity index (χ1) is 9.99. The maximum Gasteiger partial charge on any atom is 0.231 e. The number of nitrogens with two attached hydrogens (primary N) is 1. The number of benzene rings is 2. The van der Waals surface area contributed by atoms with E-state index < -0.39 is 0 Å². The maximum absolute atomic E-state index is 12.6. The lowest BCUT2D eigenvalue weighted by Gasteiger charge is -2.11. The van der Waals surface area contributed by atoms with Gasteiger partial charge < -0.3 is 10.6 Å². The van der Waals surface area contributed by atoms with E-state index in [1.807, 2.05) is 6.07 Å². The summed E-state index contributed by atoms with van der Waals surface area (Å²) in [6.07, 6.45) is 0.338. The average molecular weight is 345 g/mol. The van der Waals surface area contributed by atoms with E-state index >= 15 is 0 Å². The second-order valence-electron chi connectivity index (χ2n) is 5.01. The number of nitrogens with zero attached hydrogens (tertiary/aromatic N) is 1. The molecule has 1 aliphatic rings. The van der Waals surface area contributed by atoms with Crippen LogP contribution < -0.4 is 10.6 Å². The Kier molecular flexibility index (Phi) is 3.29. The van der Waals surface area contributed by atoms with Crippen molar-refractivity contribution in [2.75, 3.05) is 17.7 Å². The lowest BCUT2D eigenvalue weighted by molar-refractivity contribution is -0.117. The summed E-state index contributed by atoms with van der Waals surface area (Å²) in [4.78, 5) is 25.9. The van der Waals surface area contributed by atoms with Gasteiger partial charge in [0, 0.05) is 29.5 Å². The summed E-state index contributed by atoms with van der Waals surface area (Å²) in [6.45, 7) is 0. The molecule has 0 unspecified atom stereocenters. The first-order valence-corrected chi connectivity index (χ1v) is 7.26. The van der Waals surface area contributed by atoms with Gasteiger partial charge in [-0.25, -0.2) is 0 Å². The molecule has 1 aliphatic heterocycles. The van der Waals surface area contributed by atoms with Gasteiger partial charge in [-0.3, -0.25) is 9.59 Å². The Morgan fingerprint density at radius 2 is 2.05 bits per heavy atom.